The van der Waals surface area contributed by atoms with E-state index in [-0.39, 0.29) is 50.1 Å². The molecule has 1 saturated heterocycles. The van der Waals surface area contributed by atoms with E-state index < -0.39 is 6.10 Å². The third-order valence-electron chi connectivity index (χ3n) is 9.39. The Bertz CT molecular complexity index is 1780. The molecule has 0 aliphatic carbocycles. The van der Waals surface area contributed by atoms with Crippen molar-refractivity contribution in [2.75, 3.05) is 64.6 Å². The average Bonchev–Trinajstić information content (AvgIpc) is 3.60. The van der Waals surface area contributed by atoms with Gasteiger partial charge in [-0.1, -0.05) is 60.9 Å². The fourth-order valence-electron chi connectivity index (χ4n) is 6.75. The van der Waals surface area contributed by atoms with Crippen LogP contribution in [0.5, 0.6) is 28.7 Å². The lowest BCUT2D eigenvalue weighted by Gasteiger charge is -2.37. The Hall–Kier alpha value is -4.71. The van der Waals surface area contributed by atoms with E-state index in [1.165, 1.54) is 7.11 Å². The molecule has 11 heteroatoms. The van der Waals surface area contributed by atoms with Gasteiger partial charge in [0.05, 0.1) is 20.3 Å². The summed E-state index contributed by atoms with van der Waals surface area (Å²) >= 11 is 0. The zero-order chi connectivity index (χ0) is 35.7. The van der Waals surface area contributed by atoms with E-state index in [9.17, 15) is 20.1 Å². The van der Waals surface area contributed by atoms with Crippen LogP contribution in [-0.2, 0) is 19.3 Å². The molecule has 1 fully saturated rings. The van der Waals surface area contributed by atoms with Crippen LogP contribution in [-0.4, -0.2) is 85.6 Å². The van der Waals surface area contributed by atoms with Crippen LogP contribution in [0.4, 0.5) is 5.82 Å². The molecule has 1 unspecified atom stereocenters. The summed E-state index contributed by atoms with van der Waals surface area (Å²) in [7, 11) is 1.53. The number of ether oxygens (including phenoxy) is 4. The van der Waals surface area contributed by atoms with E-state index in [1.807, 2.05) is 0 Å². The summed E-state index contributed by atoms with van der Waals surface area (Å²) in [6.07, 6.45) is 2.38. The highest BCUT2D eigenvalue weighted by Gasteiger charge is 2.41. The first-order chi connectivity index (χ1) is 24.9. The summed E-state index contributed by atoms with van der Waals surface area (Å²) in [5, 5.41) is 32.4. The van der Waals surface area contributed by atoms with Crippen molar-refractivity contribution < 1.29 is 39.1 Å². The van der Waals surface area contributed by atoms with Crippen LogP contribution >= 0.6 is 0 Å². The molecule has 11 nitrogen and oxygen atoms in total. The molecule has 3 aromatic carbocycles. The second-order valence-electron chi connectivity index (χ2n) is 12.9. The normalized spacial score (nSPS) is 15.7. The molecule has 0 radical (unpaired) electrons. The van der Waals surface area contributed by atoms with E-state index in [0.717, 1.165) is 66.4 Å². The molecule has 4 aromatic rings. The van der Waals surface area contributed by atoms with Crippen molar-refractivity contribution in [2.45, 2.75) is 51.6 Å². The number of aromatic hydroxyl groups is 1. The van der Waals surface area contributed by atoms with Crippen LogP contribution in [0, 0.1) is 0 Å². The predicted molar refractivity (Wildman–Crippen MR) is 197 cm³/mol. The highest BCUT2D eigenvalue weighted by molar-refractivity contribution is 6.05. The lowest BCUT2D eigenvalue weighted by Crippen LogP contribution is -2.44. The van der Waals surface area contributed by atoms with E-state index in [1.54, 1.807) is 24.3 Å². The van der Waals surface area contributed by atoms with Crippen molar-refractivity contribution in [1.82, 2.24) is 10.3 Å². The van der Waals surface area contributed by atoms with Gasteiger partial charge in [-0.25, -0.2) is 0 Å². The number of carbonyl (C=O) groups excluding carboxylic acids is 1. The molecule has 272 valence electrons. The number of hydrogen-bond donors (Lipinski definition) is 4. The molecule has 0 saturated carbocycles. The van der Waals surface area contributed by atoms with E-state index >= 15 is 0 Å². The van der Waals surface area contributed by atoms with Crippen LogP contribution in [0.1, 0.15) is 60.2 Å². The van der Waals surface area contributed by atoms with Crippen molar-refractivity contribution in [3.63, 3.8) is 0 Å². The van der Waals surface area contributed by atoms with Gasteiger partial charge in [0.1, 0.15) is 24.0 Å². The molecule has 1 atom stereocenters. The summed E-state index contributed by atoms with van der Waals surface area (Å²) < 4.78 is 25.2. The molecule has 6 rings (SSSR count). The first-order valence-electron chi connectivity index (χ1n) is 17.9. The molecule has 51 heavy (non-hydrogen) atoms. The molecule has 2 aliphatic rings. The summed E-state index contributed by atoms with van der Waals surface area (Å²) in [6.45, 7) is 6.11. The van der Waals surface area contributed by atoms with Gasteiger partial charge in [0, 0.05) is 31.6 Å². The lowest BCUT2D eigenvalue weighted by atomic mass is 9.90. The number of anilines is 1. The van der Waals surface area contributed by atoms with Crippen molar-refractivity contribution in [1.29, 1.82) is 0 Å². The maximum Gasteiger partial charge on any atom is 0.335 e. The number of phenolic OH excluding ortho intramolecular Hbond substituents is 1. The Kier molecular flexibility index (Phi) is 12.0. The number of benzene rings is 3. The largest absolute Gasteiger partial charge is 0.508 e. The van der Waals surface area contributed by atoms with Gasteiger partial charge in [-0.15, -0.1) is 0 Å². The fraction of sp³-hybridized carbons (Fsp3) is 0.425. The maximum absolute atomic E-state index is 11.7. The zero-order valence-corrected chi connectivity index (χ0v) is 29.5. The van der Waals surface area contributed by atoms with E-state index in [4.69, 9.17) is 23.9 Å². The predicted octanol–water partition coefficient (Wildman–Crippen LogP) is 4.72. The summed E-state index contributed by atoms with van der Waals surface area (Å²) in [4.78, 5) is 19.0. The number of nitrogens with one attached hydrogen (secondary N) is 1. The Balaban J connectivity index is 1.40. The number of rotatable bonds is 16. The molecule has 0 amide bonds. The molecule has 1 aromatic heterocycles. The standard InChI is InChI=1S/C40H48N3O8/c1-3-29-24-32(40(42-29)43-17-15-41-16-18-43)28-8-4-7-26(23-28)9-14-31-36-35(33(47)25-34(51-36)27-10-12-30(46)13-11-27)38(50-22-6-20-45)39(48-2)37(31)49-21-5-19-44/h4,7-8,10-13,23-24,34,41,44-46H,3,5-6,9,14-22,25H2,1-2H3/q-1/p+1. The smallest absolute Gasteiger partial charge is 0.335 e. The van der Waals surface area contributed by atoms with Crippen LogP contribution in [0.25, 0.3) is 11.1 Å². The maximum atomic E-state index is 11.7. The Labute approximate surface area is 299 Å². The van der Waals surface area contributed by atoms with Gasteiger partial charge in [-0.2, -0.15) is 0 Å². The number of aliphatic hydroxyl groups is 2. The van der Waals surface area contributed by atoms with Gasteiger partial charge in [0.15, 0.2) is 17.1 Å². The van der Waals surface area contributed by atoms with Crippen LogP contribution in [0.3, 0.4) is 0 Å². The highest BCUT2D eigenvalue weighted by atomic mass is 16.5. The topological polar surface area (TPSA) is 148 Å². The SMILES string of the molecule is CCc1cc(-c2cccc(CCc3c(OCCCO)c(OC)c(OCCCO)c4c3OC(c3ccc(O)cc3)CC4=[OH+])c2)c(N2CCNCC2)[n-]1. The third-order valence-corrected chi connectivity index (χ3v) is 9.39. The molecule has 2 aliphatic heterocycles. The monoisotopic (exact) mass is 699 g/mol. The minimum atomic E-state index is -0.537. The van der Waals surface area contributed by atoms with Gasteiger partial charge < -0.3 is 49.5 Å². The number of aryl methyl sites for hydroxylation is 2. The Morgan fingerprint density at radius 3 is 2.35 bits per heavy atom. The number of aromatic nitrogens is 1. The number of hydrogen-bond acceptors (Lipinski definition) is 9. The van der Waals surface area contributed by atoms with Gasteiger partial charge >= 0.3 is 5.78 Å². The number of ketones is 1. The van der Waals surface area contributed by atoms with Crippen molar-refractivity contribution >= 4 is 11.6 Å². The van der Waals surface area contributed by atoms with Crippen molar-refractivity contribution in [3.05, 3.63) is 82.5 Å². The van der Waals surface area contributed by atoms with Gasteiger partial charge in [0.2, 0.25) is 5.75 Å². The van der Waals surface area contributed by atoms with Crippen LogP contribution < -0.4 is 34.1 Å². The molecule has 0 spiro atoms. The quantitative estimate of drug-likeness (QED) is 0.0957. The van der Waals surface area contributed by atoms with Crippen molar-refractivity contribution in [2.24, 2.45) is 0 Å². The lowest BCUT2D eigenvalue weighted by molar-refractivity contribution is 0.188. The third kappa shape index (κ3) is 8.11. The molecular formula is C40H49N3O8. The van der Waals surface area contributed by atoms with Gasteiger partial charge in [-0.05, 0) is 79.8 Å². The first kappa shape index (κ1) is 36.1. The van der Waals surface area contributed by atoms with Crippen LogP contribution in [0.15, 0.2) is 54.6 Å². The molecule has 5 N–H and O–H groups in total. The number of fused-ring (bicyclic) bond motifs is 1. The Morgan fingerprint density at radius 1 is 0.941 bits per heavy atom. The minimum Gasteiger partial charge on any atom is -0.508 e. The Morgan fingerprint density at radius 2 is 1.67 bits per heavy atom. The van der Waals surface area contributed by atoms with Crippen molar-refractivity contribution in [3.8, 4) is 39.9 Å². The number of piperazine rings is 1. The van der Waals surface area contributed by atoms with Crippen LogP contribution in [0.2, 0.25) is 0 Å². The number of aliphatic hydroxyl groups excluding tert-OH is 2. The molecule has 0 bridgehead atoms. The van der Waals surface area contributed by atoms with Gasteiger partial charge in [-0.3, -0.25) is 4.79 Å². The first-order valence-corrected chi connectivity index (χ1v) is 17.9. The average molecular weight is 700 g/mol. The zero-order valence-electron chi connectivity index (χ0n) is 29.5. The second-order valence-corrected chi connectivity index (χ2v) is 12.9. The number of nitrogens with zero attached hydrogens (tertiary/aromatic N) is 2. The van der Waals surface area contributed by atoms with E-state index in [2.05, 4.69) is 47.5 Å². The summed E-state index contributed by atoms with van der Waals surface area (Å²) in [5.41, 5.74) is 6.31. The number of methoxy groups -OCH3 is 1. The minimum absolute atomic E-state index is 0.0461. The molecular weight excluding hydrogens is 650 g/mol. The molecule has 3 heterocycles. The number of phenols is 1. The van der Waals surface area contributed by atoms with Gasteiger partial charge in [0.25, 0.3) is 0 Å². The highest BCUT2D eigenvalue weighted by Crippen LogP contribution is 2.53. The fourth-order valence-corrected chi connectivity index (χ4v) is 6.75. The van der Waals surface area contributed by atoms with E-state index in [0.29, 0.717) is 54.1 Å². The summed E-state index contributed by atoms with van der Waals surface area (Å²) in [5.74, 6) is 2.70. The second kappa shape index (κ2) is 17.0. The summed E-state index contributed by atoms with van der Waals surface area (Å²) in [6, 6.07) is 17.5.